The molecule has 3 N–H and O–H groups in total. The van der Waals surface area contributed by atoms with Crippen LogP contribution in [0, 0.1) is 0 Å². The smallest absolute Gasteiger partial charge is 0.273 e. The lowest BCUT2D eigenvalue weighted by Gasteiger charge is -2.16. The fourth-order valence-corrected chi connectivity index (χ4v) is 3.05. The topological polar surface area (TPSA) is 126 Å². The summed E-state index contributed by atoms with van der Waals surface area (Å²) >= 11 is 1.40. The van der Waals surface area contributed by atoms with Crippen molar-refractivity contribution in [2.45, 2.75) is 25.6 Å². The van der Waals surface area contributed by atoms with Crippen molar-refractivity contribution in [3.8, 4) is 10.6 Å². The molecular formula is C16H18N6O3S. The number of aromatic nitrogens is 5. The molecule has 2 aromatic heterocycles. The van der Waals surface area contributed by atoms with Crippen LogP contribution in [0.4, 0.5) is 0 Å². The fourth-order valence-electron chi connectivity index (χ4n) is 2.27. The highest BCUT2D eigenvalue weighted by Gasteiger charge is 2.20. The van der Waals surface area contributed by atoms with Gasteiger partial charge >= 0.3 is 0 Å². The Morgan fingerprint density at radius 3 is 2.73 bits per heavy atom. The van der Waals surface area contributed by atoms with E-state index >= 15 is 0 Å². The van der Waals surface area contributed by atoms with E-state index in [2.05, 4.69) is 25.8 Å². The summed E-state index contributed by atoms with van der Waals surface area (Å²) < 4.78 is 1.28. The normalized spacial score (nSPS) is 13.3. The molecule has 0 saturated heterocycles. The number of carbonyl (C=O) groups is 1. The summed E-state index contributed by atoms with van der Waals surface area (Å²) in [5.41, 5.74) is 1.07. The molecule has 1 aromatic carbocycles. The summed E-state index contributed by atoms with van der Waals surface area (Å²) in [5.74, 6) is -0.421. The first-order chi connectivity index (χ1) is 12.6. The predicted octanol–water partition coefficient (Wildman–Crippen LogP) is 0.641. The molecule has 0 aliphatic heterocycles. The van der Waals surface area contributed by atoms with E-state index in [-0.39, 0.29) is 18.8 Å². The van der Waals surface area contributed by atoms with Crippen molar-refractivity contribution in [2.24, 2.45) is 0 Å². The van der Waals surface area contributed by atoms with Gasteiger partial charge in [0.25, 0.3) is 5.91 Å². The van der Waals surface area contributed by atoms with Crippen LogP contribution < -0.4 is 5.32 Å². The number of rotatable bonds is 7. The molecule has 0 saturated carbocycles. The van der Waals surface area contributed by atoms with Gasteiger partial charge in [-0.3, -0.25) is 4.79 Å². The first kappa shape index (κ1) is 18.1. The van der Waals surface area contributed by atoms with Crippen LogP contribution in [-0.2, 0) is 6.54 Å². The quantitative estimate of drug-likeness (QED) is 0.554. The van der Waals surface area contributed by atoms with Crippen LogP contribution in [0.15, 0.2) is 36.5 Å². The first-order valence-corrected chi connectivity index (χ1v) is 8.77. The maximum absolute atomic E-state index is 12.2. The summed E-state index contributed by atoms with van der Waals surface area (Å²) in [7, 11) is 0. The highest BCUT2D eigenvalue weighted by atomic mass is 32.1. The SMILES string of the molecule is C[C@@H](O)[C@H](CO)n1cc(C(=O)NCc2nnc(-c3ccccc3)s2)nn1. The fraction of sp³-hybridized carbons (Fsp3) is 0.312. The van der Waals surface area contributed by atoms with Gasteiger partial charge in [0.2, 0.25) is 0 Å². The average Bonchev–Trinajstić information content (AvgIpc) is 3.31. The number of aliphatic hydroxyl groups excluding tert-OH is 2. The molecular weight excluding hydrogens is 356 g/mol. The summed E-state index contributed by atoms with van der Waals surface area (Å²) in [6, 6.07) is 9.02. The van der Waals surface area contributed by atoms with E-state index in [1.165, 1.54) is 29.1 Å². The molecule has 136 valence electrons. The highest BCUT2D eigenvalue weighted by Crippen LogP contribution is 2.22. The molecule has 9 nitrogen and oxygen atoms in total. The van der Waals surface area contributed by atoms with Gasteiger partial charge in [0.15, 0.2) is 5.69 Å². The van der Waals surface area contributed by atoms with E-state index in [4.69, 9.17) is 0 Å². The van der Waals surface area contributed by atoms with Crippen LogP contribution in [-0.4, -0.2) is 54.0 Å². The molecule has 0 bridgehead atoms. The third kappa shape index (κ3) is 4.10. The zero-order chi connectivity index (χ0) is 18.5. The van der Waals surface area contributed by atoms with Gasteiger partial charge in [-0.2, -0.15) is 0 Å². The number of benzene rings is 1. The van der Waals surface area contributed by atoms with E-state index in [1.54, 1.807) is 0 Å². The standard InChI is InChI=1S/C16H18N6O3S/c1-10(24)13(9-23)22-8-12(18-21-22)15(25)17-7-14-19-20-16(26-14)11-5-3-2-4-6-11/h2-6,8,10,13,23-24H,7,9H2,1H3,(H,17,25)/t10-,13+/m1/s1. The zero-order valence-electron chi connectivity index (χ0n) is 14.0. The lowest BCUT2D eigenvalue weighted by molar-refractivity contribution is 0.0787. The van der Waals surface area contributed by atoms with Crippen molar-refractivity contribution >= 4 is 17.2 Å². The second-order valence-electron chi connectivity index (χ2n) is 5.62. The van der Waals surface area contributed by atoms with Crippen molar-refractivity contribution in [1.29, 1.82) is 0 Å². The van der Waals surface area contributed by atoms with E-state index < -0.39 is 18.1 Å². The monoisotopic (exact) mass is 374 g/mol. The molecule has 0 aliphatic rings. The van der Waals surface area contributed by atoms with Crippen LogP contribution in [0.3, 0.4) is 0 Å². The Balaban J connectivity index is 1.61. The Labute approximate surface area is 153 Å². The zero-order valence-corrected chi connectivity index (χ0v) is 14.8. The molecule has 0 unspecified atom stereocenters. The maximum Gasteiger partial charge on any atom is 0.273 e. The van der Waals surface area contributed by atoms with Gasteiger partial charge in [-0.05, 0) is 6.92 Å². The minimum atomic E-state index is -0.824. The Bertz CT molecular complexity index is 864. The minimum absolute atomic E-state index is 0.0944. The molecule has 0 aliphatic carbocycles. The maximum atomic E-state index is 12.2. The second-order valence-corrected chi connectivity index (χ2v) is 6.69. The Kier molecular flexibility index (Phi) is 5.66. The van der Waals surface area contributed by atoms with E-state index in [0.717, 1.165) is 10.6 Å². The van der Waals surface area contributed by atoms with Gasteiger partial charge in [-0.25, -0.2) is 4.68 Å². The van der Waals surface area contributed by atoms with Crippen molar-refractivity contribution < 1.29 is 15.0 Å². The van der Waals surface area contributed by atoms with Crippen LogP contribution >= 0.6 is 11.3 Å². The Morgan fingerprint density at radius 1 is 1.27 bits per heavy atom. The van der Waals surface area contributed by atoms with Gasteiger partial charge in [-0.15, -0.1) is 15.3 Å². The van der Waals surface area contributed by atoms with Crippen LogP contribution in [0.2, 0.25) is 0 Å². The second kappa shape index (κ2) is 8.13. The predicted molar refractivity (Wildman–Crippen MR) is 94.3 cm³/mol. The van der Waals surface area contributed by atoms with Gasteiger partial charge < -0.3 is 15.5 Å². The van der Waals surface area contributed by atoms with E-state index in [9.17, 15) is 15.0 Å². The van der Waals surface area contributed by atoms with Crippen LogP contribution in [0.5, 0.6) is 0 Å². The molecule has 2 atom stereocenters. The van der Waals surface area contributed by atoms with E-state index in [0.29, 0.717) is 5.01 Å². The van der Waals surface area contributed by atoms with Crippen molar-refractivity contribution in [2.75, 3.05) is 6.61 Å². The summed E-state index contributed by atoms with van der Waals surface area (Å²) in [6.45, 7) is 1.44. The molecule has 3 rings (SSSR count). The largest absolute Gasteiger partial charge is 0.394 e. The number of nitrogens with zero attached hydrogens (tertiary/aromatic N) is 5. The minimum Gasteiger partial charge on any atom is -0.394 e. The van der Waals surface area contributed by atoms with Gasteiger partial charge in [0.05, 0.1) is 25.5 Å². The highest BCUT2D eigenvalue weighted by molar-refractivity contribution is 7.14. The first-order valence-electron chi connectivity index (χ1n) is 7.95. The Morgan fingerprint density at radius 2 is 2.04 bits per heavy atom. The third-order valence-electron chi connectivity index (χ3n) is 3.71. The molecule has 10 heteroatoms. The molecule has 1 amide bonds. The third-order valence-corrected chi connectivity index (χ3v) is 4.69. The summed E-state index contributed by atoms with van der Waals surface area (Å²) in [5, 5.41) is 38.8. The number of hydrogen-bond acceptors (Lipinski definition) is 8. The number of nitrogens with one attached hydrogen (secondary N) is 1. The number of amides is 1. The number of carbonyl (C=O) groups excluding carboxylic acids is 1. The lowest BCUT2D eigenvalue weighted by Crippen LogP contribution is -2.25. The molecule has 0 radical (unpaired) electrons. The molecule has 0 fully saturated rings. The molecule has 26 heavy (non-hydrogen) atoms. The van der Waals surface area contributed by atoms with Crippen molar-refractivity contribution in [1.82, 2.24) is 30.5 Å². The average molecular weight is 374 g/mol. The molecule has 0 spiro atoms. The summed E-state index contributed by atoms with van der Waals surface area (Å²) in [6.07, 6.45) is 0.564. The van der Waals surface area contributed by atoms with Gasteiger partial charge in [0, 0.05) is 5.56 Å². The van der Waals surface area contributed by atoms with Crippen molar-refractivity contribution in [3.63, 3.8) is 0 Å². The lowest BCUT2D eigenvalue weighted by atomic mass is 10.2. The number of hydrogen-bond donors (Lipinski definition) is 3. The van der Waals surface area contributed by atoms with Crippen LogP contribution in [0.1, 0.15) is 28.5 Å². The molecule has 3 aromatic rings. The van der Waals surface area contributed by atoms with Gasteiger partial charge in [0.1, 0.15) is 16.1 Å². The molecule has 2 heterocycles. The van der Waals surface area contributed by atoms with E-state index in [1.807, 2.05) is 30.3 Å². The Hall–Kier alpha value is -2.69. The summed E-state index contributed by atoms with van der Waals surface area (Å²) in [4.78, 5) is 12.2. The number of aliphatic hydroxyl groups is 2. The van der Waals surface area contributed by atoms with Crippen molar-refractivity contribution in [3.05, 3.63) is 47.2 Å². The van der Waals surface area contributed by atoms with Crippen LogP contribution in [0.25, 0.3) is 10.6 Å². The van der Waals surface area contributed by atoms with Gasteiger partial charge in [-0.1, -0.05) is 46.9 Å².